The van der Waals surface area contributed by atoms with Crippen LogP contribution in [0.4, 0.5) is 5.69 Å². The van der Waals surface area contributed by atoms with Gasteiger partial charge in [-0.25, -0.2) is 8.42 Å². The minimum absolute atomic E-state index is 0.179. The Morgan fingerprint density at radius 1 is 1.19 bits per heavy atom. The molecule has 0 spiro atoms. The van der Waals surface area contributed by atoms with Crippen LogP contribution in [0.1, 0.15) is 5.56 Å². The molecule has 0 aliphatic rings. The van der Waals surface area contributed by atoms with Crippen molar-refractivity contribution in [2.75, 3.05) is 11.0 Å². The quantitative estimate of drug-likeness (QED) is 0.859. The van der Waals surface area contributed by atoms with Crippen molar-refractivity contribution < 1.29 is 8.42 Å². The van der Waals surface area contributed by atoms with E-state index in [0.29, 0.717) is 5.69 Å². The first kappa shape index (κ1) is 15.4. The van der Waals surface area contributed by atoms with Gasteiger partial charge in [0.2, 0.25) is 0 Å². The molecule has 1 N–H and O–H groups in total. The monoisotopic (exact) mass is 318 g/mol. The molecule has 0 saturated heterocycles. The molecular weight excluding hydrogens is 304 g/mol. The first-order valence-corrected chi connectivity index (χ1v) is 8.89. The molecule has 2 rings (SSSR count). The zero-order valence-corrected chi connectivity index (χ0v) is 13.0. The Kier molecular flexibility index (Phi) is 4.89. The van der Waals surface area contributed by atoms with Gasteiger partial charge in [0.15, 0.2) is 0 Å². The molecule has 0 aliphatic heterocycles. The zero-order chi connectivity index (χ0) is 15.3. The molecule has 108 valence electrons. The van der Waals surface area contributed by atoms with Crippen molar-refractivity contribution in [3.05, 3.63) is 54.1 Å². The second-order valence-corrected chi connectivity index (χ2v) is 6.88. The summed E-state index contributed by atoms with van der Waals surface area (Å²) in [5.41, 5.74) is 1.32. The highest BCUT2D eigenvalue weighted by Gasteiger charge is 2.14. The normalized spacial score (nSPS) is 10.9. The van der Waals surface area contributed by atoms with Crippen molar-refractivity contribution in [1.82, 2.24) is 0 Å². The van der Waals surface area contributed by atoms with Crippen molar-refractivity contribution in [1.29, 1.82) is 5.26 Å². The van der Waals surface area contributed by atoms with E-state index >= 15 is 0 Å². The van der Waals surface area contributed by atoms with Gasteiger partial charge in [0.05, 0.1) is 17.4 Å². The summed E-state index contributed by atoms with van der Waals surface area (Å²) in [6.45, 7) is 0. The predicted octanol–water partition coefficient (Wildman–Crippen LogP) is 3.28. The van der Waals surface area contributed by atoms with E-state index in [0.717, 1.165) is 10.5 Å². The number of anilines is 1. The Hall–Kier alpha value is -1.97. The highest BCUT2D eigenvalue weighted by Crippen LogP contribution is 2.22. The van der Waals surface area contributed by atoms with Crippen LogP contribution in [-0.2, 0) is 16.4 Å². The summed E-state index contributed by atoms with van der Waals surface area (Å²) in [4.78, 5) is 1.17. The SMILES string of the molecule is CSc1cccc(NS(=O)(=O)c2ccc(CC#N)cc2)c1. The average molecular weight is 318 g/mol. The van der Waals surface area contributed by atoms with Crippen molar-refractivity contribution >= 4 is 27.5 Å². The second-order valence-electron chi connectivity index (χ2n) is 4.32. The third-order valence-electron chi connectivity index (χ3n) is 2.84. The fourth-order valence-corrected chi connectivity index (χ4v) is 3.29. The third kappa shape index (κ3) is 4.00. The minimum atomic E-state index is -3.61. The van der Waals surface area contributed by atoms with Crippen molar-refractivity contribution in [2.45, 2.75) is 16.2 Å². The topological polar surface area (TPSA) is 70.0 Å². The lowest BCUT2D eigenvalue weighted by molar-refractivity contribution is 0.601. The van der Waals surface area contributed by atoms with E-state index in [9.17, 15) is 8.42 Å². The van der Waals surface area contributed by atoms with Gasteiger partial charge < -0.3 is 0 Å². The lowest BCUT2D eigenvalue weighted by Crippen LogP contribution is -2.12. The molecule has 0 amide bonds. The lowest BCUT2D eigenvalue weighted by atomic mass is 10.2. The fourth-order valence-electron chi connectivity index (χ4n) is 1.78. The standard InChI is InChI=1S/C15H14N2O2S2/c1-20-14-4-2-3-13(11-14)17-21(18,19)15-7-5-12(6-8-15)9-10-16/h2-8,11,17H,9H2,1H3. The number of sulfonamides is 1. The van der Waals surface area contributed by atoms with Gasteiger partial charge in [-0.05, 0) is 42.2 Å². The lowest BCUT2D eigenvalue weighted by Gasteiger charge is -2.09. The van der Waals surface area contributed by atoms with Gasteiger partial charge in [0.1, 0.15) is 0 Å². The number of benzene rings is 2. The van der Waals surface area contributed by atoms with Crippen LogP contribution in [-0.4, -0.2) is 14.7 Å². The van der Waals surface area contributed by atoms with Crippen LogP contribution in [0.5, 0.6) is 0 Å². The molecule has 0 aromatic heterocycles. The summed E-state index contributed by atoms with van der Waals surface area (Å²) in [5, 5.41) is 8.61. The molecule has 6 heteroatoms. The number of thioether (sulfide) groups is 1. The first-order valence-electron chi connectivity index (χ1n) is 6.18. The number of nitrogens with zero attached hydrogens (tertiary/aromatic N) is 1. The summed E-state index contributed by atoms with van der Waals surface area (Å²) in [5.74, 6) is 0. The van der Waals surface area contributed by atoms with Crippen LogP contribution in [0.15, 0.2) is 58.3 Å². The van der Waals surface area contributed by atoms with Crippen LogP contribution in [0.3, 0.4) is 0 Å². The average Bonchev–Trinajstić information content (AvgIpc) is 2.48. The molecule has 0 fully saturated rings. The van der Waals surface area contributed by atoms with E-state index < -0.39 is 10.0 Å². The van der Waals surface area contributed by atoms with Crippen molar-refractivity contribution in [2.24, 2.45) is 0 Å². The Balaban J connectivity index is 2.23. The largest absolute Gasteiger partial charge is 0.280 e. The van der Waals surface area contributed by atoms with Gasteiger partial charge in [0.25, 0.3) is 10.0 Å². The molecule has 4 nitrogen and oxygen atoms in total. The van der Waals surface area contributed by atoms with Crippen LogP contribution in [0.25, 0.3) is 0 Å². The summed E-state index contributed by atoms with van der Waals surface area (Å²) >= 11 is 1.55. The van der Waals surface area contributed by atoms with E-state index in [1.807, 2.05) is 18.4 Å². The van der Waals surface area contributed by atoms with Crippen LogP contribution < -0.4 is 4.72 Å². The predicted molar refractivity (Wildman–Crippen MR) is 84.8 cm³/mol. The third-order valence-corrected chi connectivity index (χ3v) is 4.96. The molecule has 0 aliphatic carbocycles. The minimum Gasteiger partial charge on any atom is -0.280 e. The summed E-state index contributed by atoms with van der Waals surface area (Å²) in [7, 11) is -3.61. The van der Waals surface area contributed by atoms with E-state index in [1.54, 1.807) is 42.1 Å². The van der Waals surface area contributed by atoms with Crippen LogP contribution in [0, 0.1) is 11.3 Å². The molecule has 0 saturated carbocycles. The number of nitriles is 1. The van der Waals surface area contributed by atoms with Crippen LogP contribution >= 0.6 is 11.8 Å². The maximum absolute atomic E-state index is 12.3. The zero-order valence-electron chi connectivity index (χ0n) is 11.4. The maximum atomic E-state index is 12.3. The Bertz CT molecular complexity index is 763. The van der Waals surface area contributed by atoms with E-state index in [2.05, 4.69) is 4.72 Å². The van der Waals surface area contributed by atoms with Gasteiger partial charge >= 0.3 is 0 Å². The molecule has 2 aromatic carbocycles. The highest BCUT2D eigenvalue weighted by molar-refractivity contribution is 7.98. The van der Waals surface area contributed by atoms with Gasteiger partial charge in [0, 0.05) is 10.6 Å². The Morgan fingerprint density at radius 3 is 2.52 bits per heavy atom. The Labute approximate surface area is 128 Å². The molecule has 21 heavy (non-hydrogen) atoms. The fraction of sp³-hybridized carbons (Fsp3) is 0.133. The summed E-state index contributed by atoms with van der Waals surface area (Å²) in [6.07, 6.45) is 2.20. The summed E-state index contributed by atoms with van der Waals surface area (Å²) < 4.78 is 27.1. The second kappa shape index (κ2) is 6.66. The molecule has 0 bridgehead atoms. The number of hydrogen-bond acceptors (Lipinski definition) is 4. The smallest absolute Gasteiger partial charge is 0.261 e. The highest BCUT2D eigenvalue weighted by atomic mass is 32.2. The van der Waals surface area contributed by atoms with Gasteiger partial charge in [-0.2, -0.15) is 5.26 Å². The number of rotatable bonds is 5. The van der Waals surface area contributed by atoms with Crippen molar-refractivity contribution in [3.8, 4) is 6.07 Å². The molecule has 0 unspecified atom stereocenters. The molecule has 0 radical (unpaired) electrons. The van der Waals surface area contributed by atoms with Gasteiger partial charge in [-0.15, -0.1) is 11.8 Å². The molecular formula is C15H14N2O2S2. The first-order chi connectivity index (χ1) is 10.0. The maximum Gasteiger partial charge on any atom is 0.261 e. The summed E-state index contributed by atoms with van der Waals surface area (Å²) in [6, 6.07) is 15.6. The number of nitrogens with one attached hydrogen (secondary N) is 1. The molecule has 0 atom stereocenters. The molecule has 0 heterocycles. The molecule has 2 aromatic rings. The van der Waals surface area contributed by atoms with Gasteiger partial charge in [-0.1, -0.05) is 18.2 Å². The van der Waals surface area contributed by atoms with Crippen LogP contribution in [0.2, 0.25) is 0 Å². The number of hydrogen-bond donors (Lipinski definition) is 1. The Morgan fingerprint density at radius 2 is 1.90 bits per heavy atom. The van der Waals surface area contributed by atoms with E-state index in [1.165, 1.54) is 12.1 Å². The van der Waals surface area contributed by atoms with Crippen molar-refractivity contribution in [3.63, 3.8) is 0 Å². The van der Waals surface area contributed by atoms with E-state index in [-0.39, 0.29) is 11.3 Å². The van der Waals surface area contributed by atoms with Gasteiger partial charge in [-0.3, -0.25) is 4.72 Å². The van der Waals surface area contributed by atoms with E-state index in [4.69, 9.17) is 5.26 Å².